The van der Waals surface area contributed by atoms with Crippen LogP contribution in [0.2, 0.25) is 0 Å². The van der Waals surface area contributed by atoms with Crippen molar-refractivity contribution in [2.75, 3.05) is 31.1 Å². The van der Waals surface area contributed by atoms with Crippen LogP contribution in [0.25, 0.3) is 0 Å². The van der Waals surface area contributed by atoms with E-state index in [0.717, 1.165) is 12.4 Å². The molecule has 0 bridgehead atoms. The van der Waals surface area contributed by atoms with Gasteiger partial charge in [0.15, 0.2) is 0 Å². The van der Waals surface area contributed by atoms with E-state index < -0.39 is 5.91 Å². The summed E-state index contributed by atoms with van der Waals surface area (Å²) in [7, 11) is 0. The first kappa shape index (κ1) is 11.8. The van der Waals surface area contributed by atoms with Gasteiger partial charge in [0.1, 0.15) is 11.5 Å². The van der Waals surface area contributed by atoms with Crippen LogP contribution in [-0.2, 0) is 4.74 Å². The van der Waals surface area contributed by atoms with Gasteiger partial charge >= 0.3 is 0 Å². The van der Waals surface area contributed by atoms with Gasteiger partial charge in [0.05, 0.1) is 12.7 Å². The lowest BCUT2D eigenvalue weighted by Crippen LogP contribution is -2.46. The van der Waals surface area contributed by atoms with E-state index in [9.17, 15) is 4.79 Å². The number of amides is 1. The third kappa shape index (κ3) is 2.72. The summed E-state index contributed by atoms with van der Waals surface area (Å²) in [6.07, 6.45) is 0.0165. The number of carbonyl (C=O) groups excluding carboxylic acids is 1. The Morgan fingerprint density at radius 1 is 1.59 bits per heavy atom. The van der Waals surface area contributed by atoms with Crippen LogP contribution in [0.3, 0.4) is 0 Å². The highest BCUT2D eigenvalue weighted by Gasteiger charge is 2.20. The van der Waals surface area contributed by atoms with Gasteiger partial charge in [-0.25, -0.2) is 4.98 Å². The Bertz CT molecular complexity index is 410. The third-order valence-corrected chi connectivity index (χ3v) is 2.71. The molecule has 1 atom stereocenters. The highest BCUT2D eigenvalue weighted by atomic mass is 16.5. The Labute approximate surface area is 99.5 Å². The van der Waals surface area contributed by atoms with E-state index >= 15 is 0 Å². The third-order valence-electron chi connectivity index (χ3n) is 2.71. The maximum Gasteiger partial charge on any atom is 0.267 e. The number of nitrogens with zero attached hydrogens (tertiary/aromatic N) is 2. The molecule has 0 aromatic carbocycles. The number of hydrogen-bond donors (Lipinski definition) is 2. The maximum atomic E-state index is 11.1. The highest BCUT2D eigenvalue weighted by molar-refractivity contribution is 5.91. The van der Waals surface area contributed by atoms with Gasteiger partial charge in [-0.05, 0) is 12.1 Å². The van der Waals surface area contributed by atoms with Crippen LogP contribution in [-0.4, -0.2) is 43.2 Å². The van der Waals surface area contributed by atoms with Crippen molar-refractivity contribution in [1.29, 1.82) is 0 Å². The quantitative estimate of drug-likeness (QED) is 0.727. The molecule has 0 aliphatic carbocycles. The Morgan fingerprint density at radius 2 is 2.41 bits per heavy atom. The predicted molar refractivity (Wildman–Crippen MR) is 63.8 cm³/mol. The van der Waals surface area contributed by atoms with Crippen LogP contribution in [0.5, 0.6) is 0 Å². The molecule has 6 nitrogen and oxygen atoms in total. The van der Waals surface area contributed by atoms with Crippen LogP contribution in [0.1, 0.15) is 10.5 Å². The first-order valence-corrected chi connectivity index (χ1v) is 5.54. The SMILES string of the molecule is NCC1CN(c2cccc(C(N)=O)n2)CCO1. The molecule has 6 heteroatoms. The maximum absolute atomic E-state index is 11.1. The van der Waals surface area contributed by atoms with Crippen molar-refractivity contribution in [2.24, 2.45) is 11.5 Å². The summed E-state index contributed by atoms with van der Waals surface area (Å²) in [5, 5.41) is 0. The predicted octanol–water partition coefficient (Wildman–Crippen LogP) is -0.656. The lowest BCUT2D eigenvalue weighted by atomic mass is 10.2. The molecule has 1 aromatic rings. The molecule has 0 spiro atoms. The van der Waals surface area contributed by atoms with Crippen molar-refractivity contribution in [2.45, 2.75) is 6.10 Å². The van der Waals surface area contributed by atoms with E-state index in [0.29, 0.717) is 19.7 Å². The summed E-state index contributed by atoms with van der Waals surface area (Å²) in [6, 6.07) is 5.23. The van der Waals surface area contributed by atoms with Crippen LogP contribution in [0.15, 0.2) is 18.2 Å². The monoisotopic (exact) mass is 236 g/mol. The second-order valence-corrected chi connectivity index (χ2v) is 3.92. The summed E-state index contributed by atoms with van der Waals surface area (Å²) in [5.74, 6) is 0.221. The summed E-state index contributed by atoms with van der Waals surface area (Å²) in [5.41, 5.74) is 11.1. The Kier molecular flexibility index (Phi) is 3.55. The van der Waals surface area contributed by atoms with Gasteiger partial charge in [0.25, 0.3) is 5.91 Å². The Morgan fingerprint density at radius 3 is 3.12 bits per heavy atom. The van der Waals surface area contributed by atoms with E-state index in [2.05, 4.69) is 4.98 Å². The molecule has 4 N–H and O–H groups in total. The molecular formula is C11H16N4O2. The normalized spacial score (nSPS) is 20.3. The zero-order valence-corrected chi connectivity index (χ0v) is 9.50. The number of nitrogens with two attached hydrogens (primary N) is 2. The minimum Gasteiger partial charge on any atom is -0.373 e. The standard InChI is InChI=1S/C11H16N4O2/c12-6-8-7-15(4-5-17-8)10-3-1-2-9(14-10)11(13)16/h1-3,8H,4-7,12H2,(H2,13,16). The van der Waals surface area contributed by atoms with Gasteiger partial charge in [-0.3, -0.25) is 4.79 Å². The van der Waals surface area contributed by atoms with Crippen molar-refractivity contribution in [3.63, 3.8) is 0 Å². The van der Waals surface area contributed by atoms with E-state index in [1.54, 1.807) is 12.1 Å². The lowest BCUT2D eigenvalue weighted by molar-refractivity contribution is 0.0463. The number of primary amides is 1. The van der Waals surface area contributed by atoms with E-state index in [-0.39, 0.29) is 11.8 Å². The molecule has 1 unspecified atom stereocenters. The molecule has 17 heavy (non-hydrogen) atoms. The molecule has 1 saturated heterocycles. The summed E-state index contributed by atoms with van der Waals surface area (Å²) in [4.78, 5) is 17.3. The Balaban J connectivity index is 2.16. The van der Waals surface area contributed by atoms with Crippen LogP contribution >= 0.6 is 0 Å². The fourth-order valence-electron chi connectivity index (χ4n) is 1.81. The van der Waals surface area contributed by atoms with Gasteiger partial charge < -0.3 is 21.1 Å². The minimum atomic E-state index is -0.518. The van der Waals surface area contributed by atoms with E-state index in [1.165, 1.54) is 0 Å². The molecular weight excluding hydrogens is 220 g/mol. The van der Waals surface area contributed by atoms with Gasteiger partial charge in [0, 0.05) is 19.6 Å². The molecule has 0 saturated carbocycles. The summed E-state index contributed by atoms with van der Waals surface area (Å²) >= 11 is 0. The van der Waals surface area contributed by atoms with Crippen LogP contribution < -0.4 is 16.4 Å². The van der Waals surface area contributed by atoms with Crippen molar-refractivity contribution in [3.8, 4) is 0 Å². The largest absolute Gasteiger partial charge is 0.373 e. The molecule has 1 aliphatic heterocycles. The fourth-order valence-corrected chi connectivity index (χ4v) is 1.81. The number of hydrogen-bond acceptors (Lipinski definition) is 5. The number of ether oxygens (including phenoxy) is 1. The number of carbonyl (C=O) groups is 1. The van der Waals surface area contributed by atoms with E-state index in [1.807, 2.05) is 11.0 Å². The molecule has 1 aromatic heterocycles. The van der Waals surface area contributed by atoms with Gasteiger partial charge in [-0.2, -0.15) is 0 Å². The number of pyridine rings is 1. The first-order chi connectivity index (χ1) is 8.20. The van der Waals surface area contributed by atoms with Crippen molar-refractivity contribution in [3.05, 3.63) is 23.9 Å². The molecule has 92 valence electrons. The van der Waals surface area contributed by atoms with Crippen molar-refractivity contribution < 1.29 is 9.53 Å². The topological polar surface area (TPSA) is 94.5 Å². The zero-order valence-electron chi connectivity index (χ0n) is 9.50. The lowest BCUT2D eigenvalue weighted by Gasteiger charge is -2.33. The smallest absolute Gasteiger partial charge is 0.267 e. The molecule has 2 heterocycles. The summed E-state index contributed by atoms with van der Waals surface area (Å²) < 4.78 is 5.47. The molecule has 1 amide bonds. The van der Waals surface area contributed by atoms with Crippen molar-refractivity contribution in [1.82, 2.24) is 4.98 Å². The summed E-state index contributed by atoms with van der Waals surface area (Å²) in [6.45, 7) is 2.52. The van der Waals surface area contributed by atoms with E-state index in [4.69, 9.17) is 16.2 Å². The Hall–Kier alpha value is -1.66. The second kappa shape index (κ2) is 5.11. The highest BCUT2D eigenvalue weighted by Crippen LogP contribution is 2.15. The van der Waals surface area contributed by atoms with Crippen molar-refractivity contribution >= 4 is 11.7 Å². The average Bonchev–Trinajstić information content (AvgIpc) is 2.39. The molecule has 0 radical (unpaired) electrons. The number of rotatable bonds is 3. The van der Waals surface area contributed by atoms with Gasteiger partial charge in [-0.1, -0.05) is 6.07 Å². The first-order valence-electron chi connectivity index (χ1n) is 5.54. The molecule has 1 aliphatic rings. The van der Waals surface area contributed by atoms with Gasteiger partial charge in [-0.15, -0.1) is 0 Å². The molecule has 2 rings (SSSR count). The second-order valence-electron chi connectivity index (χ2n) is 3.92. The fraction of sp³-hybridized carbons (Fsp3) is 0.455. The zero-order chi connectivity index (χ0) is 12.3. The van der Waals surface area contributed by atoms with Crippen LogP contribution in [0, 0.1) is 0 Å². The number of anilines is 1. The number of morpholine rings is 1. The minimum absolute atomic E-state index is 0.0165. The van der Waals surface area contributed by atoms with Crippen LogP contribution in [0.4, 0.5) is 5.82 Å². The molecule has 1 fully saturated rings. The number of aromatic nitrogens is 1. The van der Waals surface area contributed by atoms with Gasteiger partial charge in [0.2, 0.25) is 0 Å². The average molecular weight is 236 g/mol.